The van der Waals surface area contributed by atoms with Crippen molar-refractivity contribution in [3.8, 4) is 11.8 Å². The number of aryl methyl sites for hydroxylation is 1. The number of nitrogens with zero attached hydrogens (tertiary/aromatic N) is 2. The van der Waals surface area contributed by atoms with Gasteiger partial charge in [-0.25, -0.2) is 13.4 Å². The van der Waals surface area contributed by atoms with Gasteiger partial charge in [-0.05, 0) is 49.6 Å². The van der Waals surface area contributed by atoms with E-state index in [1.807, 2.05) is 32.0 Å². The van der Waals surface area contributed by atoms with Gasteiger partial charge in [0.2, 0.25) is 0 Å². The highest BCUT2D eigenvalue weighted by Gasteiger charge is 2.50. The molecule has 0 radical (unpaired) electrons. The molecule has 2 fully saturated rings. The average molecular weight is 479 g/mol. The molecule has 8 heteroatoms. The van der Waals surface area contributed by atoms with Gasteiger partial charge in [-0.3, -0.25) is 0 Å². The number of aliphatic hydroxyl groups is 1. The predicted molar refractivity (Wildman–Crippen MR) is 127 cm³/mol. The number of fused-ring (bicyclic) bond motifs is 1. The molecule has 0 saturated carbocycles. The highest BCUT2D eigenvalue weighted by atomic mass is 32.2. The first kappa shape index (κ1) is 22.8. The van der Waals surface area contributed by atoms with Gasteiger partial charge in [-0.15, -0.1) is 0 Å². The summed E-state index contributed by atoms with van der Waals surface area (Å²) in [6.45, 7) is 5.13. The van der Waals surface area contributed by atoms with E-state index in [1.54, 1.807) is 24.3 Å². The second kappa shape index (κ2) is 8.35. The molecule has 1 N–H and O–H groups in total. The summed E-state index contributed by atoms with van der Waals surface area (Å²) in [4.78, 5) is 4.67. The smallest absolute Gasteiger partial charge is 0.156 e. The van der Waals surface area contributed by atoms with Crippen molar-refractivity contribution >= 4 is 20.7 Å². The summed E-state index contributed by atoms with van der Waals surface area (Å²) in [5.74, 6) is -0.0356. The first-order valence-electron chi connectivity index (χ1n) is 11.3. The van der Waals surface area contributed by atoms with Crippen molar-refractivity contribution in [3.05, 3.63) is 70.4 Å². The van der Waals surface area contributed by atoms with Gasteiger partial charge in [0.05, 0.1) is 23.6 Å². The van der Waals surface area contributed by atoms with Crippen LogP contribution in [0.5, 0.6) is 5.75 Å². The van der Waals surface area contributed by atoms with Crippen LogP contribution in [0.3, 0.4) is 0 Å². The molecule has 0 aliphatic carbocycles. The largest absolute Gasteiger partial charge is 0.486 e. The fourth-order valence-corrected chi connectivity index (χ4v) is 6.71. The van der Waals surface area contributed by atoms with Crippen LogP contribution >= 0.6 is 0 Å². The topological polar surface area (TPSA) is 110 Å². The lowest BCUT2D eigenvalue weighted by Gasteiger charge is -2.37. The molecular formula is C26H26N2O5S. The van der Waals surface area contributed by atoms with E-state index in [9.17, 15) is 18.8 Å². The Kier molecular flexibility index (Phi) is 5.59. The van der Waals surface area contributed by atoms with E-state index < -0.39 is 21.5 Å². The fourth-order valence-electron chi connectivity index (χ4n) is 5.03. The van der Waals surface area contributed by atoms with Gasteiger partial charge >= 0.3 is 0 Å². The van der Waals surface area contributed by atoms with Gasteiger partial charge < -0.3 is 14.6 Å². The van der Waals surface area contributed by atoms with Gasteiger partial charge in [0.15, 0.2) is 9.84 Å². The third kappa shape index (κ3) is 4.05. The van der Waals surface area contributed by atoms with Crippen LogP contribution in [0, 0.1) is 18.3 Å². The van der Waals surface area contributed by atoms with E-state index in [1.165, 1.54) is 0 Å². The quantitative estimate of drug-likeness (QED) is 0.596. The molecule has 34 heavy (non-hydrogen) atoms. The number of rotatable bonds is 5. The molecule has 2 aliphatic rings. The molecule has 3 aromatic rings. The zero-order valence-electron chi connectivity index (χ0n) is 19.1. The normalized spacial score (nSPS) is 21.5. The lowest BCUT2D eigenvalue weighted by atomic mass is 9.92. The number of pyridine rings is 1. The second-order valence-electron chi connectivity index (χ2n) is 9.34. The van der Waals surface area contributed by atoms with Crippen LogP contribution in [0.2, 0.25) is 0 Å². The molecule has 2 aromatic carbocycles. The molecular weight excluding hydrogens is 452 g/mol. The van der Waals surface area contributed by atoms with Crippen LogP contribution in [0.25, 0.3) is 10.9 Å². The van der Waals surface area contributed by atoms with E-state index in [0.29, 0.717) is 30.2 Å². The molecule has 2 atom stereocenters. The van der Waals surface area contributed by atoms with Crippen molar-refractivity contribution in [2.24, 2.45) is 0 Å². The van der Waals surface area contributed by atoms with Gasteiger partial charge in [-0.1, -0.05) is 24.3 Å². The highest BCUT2D eigenvalue weighted by Crippen LogP contribution is 2.41. The number of benzene rings is 2. The Morgan fingerprint density at radius 2 is 2.03 bits per heavy atom. The van der Waals surface area contributed by atoms with Crippen LogP contribution in [0.1, 0.15) is 53.3 Å². The minimum atomic E-state index is -3.24. The summed E-state index contributed by atoms with van der Waals surface area (Å²) in [6.07, 6.45) is 0.440. The maximum Gasteiger partial charge on any atom is 0.156 e. The maximum absolute atomic E-state index is 11.8. The van der Waals surface area contributed by atoms with Crippen molar-refractivity contribution in [2.45, 2.75) is 37.9 Å². The van der Waals surface area contributed by atoms with Gasteiger partial charge in [0.25, 0.3) is 0 Å². The van der Waals surface area contributed by atoms with Crippen molar-refractivity contribution in [1.29, 1.82) is 5.26 Å². The predicted octanol–water partition coefficient (Wildman–Crippen LogP) is 3.67. The van der Waals surface area contributed by atoms with Crippen LogP contribution in [0.15, 0.2) is 42.5 Å². The molecule has 2 saturated heterocycles. The molecule has 5 rings (SSSR count). The SMILES string of the molecule is Cc1cc([C@H](C)Oc2ccccc2C2(O)CS(=O)(=O)C2)c2cc([C@@H]3CCOC3)c(C#N)nc2c1. The lowest BCUT2D eigenvalue weighted by molar-refractivity contribution is 0.0637. The molecule has 7 nitrogen and oxygen atoms in total. The highest BCUT2D eigenvalue weighted by molar-refractivity contribution is 7.92. The Labute approximate surface area is 198 Å². The fraction of sp³-hybridized carbons (Fsp3) is 0.385. The first-order chi connectivity index (χ1) is 16.2. The van der Waals surface area contributed by atoms with Crippen molar-refractivity contribution < 1.29 is 23.0 Å². The van der Waals surface area contributed by atoms with E-state index in [4.69, 9.17) is 9.47 Å². The summed E-state index contributed by atoms with van der Waals surface area (Å²) in [5, 5.41) is 21.5. The molecule has 0 bridgehead atoms. The molecule has 2 aliphatic heterocycles. The summed E-state index contributed by atoms with van der Waals surface area (Å²) in [7, 11) is -3.24. The molecule has 3 heterocycles. The van der Waals surface area contributed by atoms with Crippen molar-refractivity contribution in [2.75, 3.05) is 24.7 Å². The number of nitriles is 1. The Bertz CT molecular complexity index is 1410. The minimum absolute atomic E-state index is 0.132. The van der Waals surface area contributed by atoms with Crippen LogP contribution < -0.4 is 4.74 Å². The van der Waals surface area contributed by atoms with E-state index in [-0.39, 0.29) is 17.4 Å². The Balaban J connectivity index is 1.55. The number of ether oxygens (including phenoxy) is 2. The summed E-state index contributed by atoms with van der Waals surface area (Å²) in [6, 6.07) is 15.3. The van der Waals surface area contributed by atoms with Crippen LogP contribution in [-0.4, -0.2) is 43.2 Å². The Morgan fingerprint density at radius 1 is 1.26 bits per heavy atom. The number of sulfone groups is 1. The summed E-state index contributed by atoms with van der Waals surface area (Å²) >= 11 is 0. The zero-order valence-corrected chi connectivity index (χ0v) is 19.9. The third-order valence-electron chi connectivity index (χ3n) is 6.66. The molecule has 0 amide bonds. The Morgan fingerprint density at radius 3 is 2.71 bits per heavy atom. The number of hydrogen-bond acceptors (Lipinski definition) is 7. The van der Waals surface area contributed by atoms with E-state index in [2.05, 4.69) is 11.1 Å². The molecule has 0 spiro atoms. The molecule has 0 unspecified atom stereocenters. The van der Waals surface area contributed by atoms with Crippen LogP contribution in [0.4, 0.5) is 0 Å². The average Bonchev–Trinajstić information content (AvgIpc) is 3.31. The van der Waals surface area contributed by atoms with Gasteiger partial charge in [0, 0.05) is 29.0 Å². The minimum Gasteiger partial charge on any atom is -0.486 e. The summed E-state index contributed by atoms with van der Waals surface area (Å²) in [5.41, 5.74) is 2.97. The van der Waals surface area contributed by atoms with E-state index >= 15 is 0 Å². The number of hydrogen-bond donors (Lipinski definition) is 1. The first-order valence-corrected chi connectivity index (χ1v) is 13.1. The molecule has 176 valence electrons. The van der Waals surface area contributed by atoms with Gasteiger partial charge in [-0.2, -0.15) is 5.26 Å². The third-order valence-corrected chi connectivity index (χ3v) is 8.50. The van der Waals surface area contributed by atoms with Gasteiger partial charge in [0.1, 0.15) is 29.2 Å². The number of aromatic nitrogens is 1. The van der Waals surface area contributed by atoms with E-state index in [0.717, 1.165) is 34.0 Å². The number of para-hydroxylation sites is 1. The molecule has 1 aromatic heterocycles. The van der Waals surface area contributed by atoms with Crippen molar-refractivity contribution in [1.82, 2.24) is 4.98 Å². The van der Waals surface area contributed by atoms with Crippen molar-refractivity contribution in [3.63, 3.8) is 0 Å². The lowest BCUT2D eigenvalue weighted by Crippen LogP contribution is -2.52. The maximum atomic E-state index is 11.8. The van der Waals surface area contributed by atoms with Crippen LogP contribution in [-0.2, 0) is 20.2 Å². The standard InChI is InChI=1S/C26H26N2O5S/c1-16-9-19(21-11-20(18-7-8-32-13-18)24(12-27)28-23(21)10-16)17(2)33-25-6-4-3-5-22(25)26(29)14-34(30,31)15-26/h3-6,9-11,17-18,29H,7-8,13-15H2,1-2H3/t17-,18+/m0/s1. The summed E-state index contributed by atoms with van der Waals surface area (Å²) < 4.78 is 35.4. The zero-order chi connectivity index (χ0) is 24.1. The second-order valence-corrected chi connectivity index (χ2v) is 11.4. The monoisotopic (exact) mass is 478 g/mol. The Hall–Kier alpha value is -2.99.